The van der Waals surface area contributed by atoms with Crippen molar-refractivity contribution in [2.45, 2.75) is 52.1 Å². The van der Waals surface area contributed by atoms with Gasteiger partial charge >= 0.3 is 12.1 Å². The number of rotatable bonds is 2. The Balaban J connectivity index is 2.27. The van der Waals surface area contributed by atoms with Gasteiger partial charge < -0.3 is 9.47 Å². The molecule has 1 atom stereocenters. The van der Waals surface area contributed by atoms with Crippen molar-refractivity contribution in [3.63, 3.8) is 0 Å². The van der Waals surface area contributed by atoms with Crippen LogP contribution in [-0.2, 0) is 20.7 Å². The van der Waals surface area contributed by atoms with E-state index in [0.717, 1.165) is 24.2 Å². The van der Waals surface area contributed by atoms with Crippen molar-refractivity contribution in [1.29, 1.82) is 0 Å². The Morgan fingerprint density at radius 3 is 2.61 bits per heavy atom. The Morgan fingerprint density at radius 1 is 1.30 bits per heavy atom. The number of nitrogens with zero attached hydrogens (tertiary/aromatic N) is 2. The summed E-state index contributed by atoms with van der Waals surface area (Å²) in [6.45, 7) is 7.89. The third kappa shape index (κ3) is 4.00. The summed E-state index contributed by atoms with van der Waals surface area (Å²) in [5.74, 6) is -0.750. The molecule has 2 heterocycles. The zero-order valence-electron chi connectivity index (χ0n) is 14.4. The Morgan fingerprint density at radius 2 is 2.00 bits per heavy atom. The summed E-state index contributed by atoms with van der Waals surface area (Å²) in [5, 5.41) is 0. The van der Waals surface area contributed by atoms with Crippen LogP contribution in [0.2, 0.25) is 0 Å². The quantitative estimate of drug-likeness (QED) is 0.783. The molecule has 1 aromatic heterocycles. The summed E-state index contributed by atoms with van der Waals surface area (Å²) in [7, 11) is 1.36. The summed E-state index contributed by atoms with van der Waals surface area (Å²) in [6.07, 6.45) is 1.22. The van der Waals surface area contributed by atoms with E-state index >= 15 is 0 Å². The molecular formula is C17H24N2O4. The first-order chi connectivity index (χ1) is 10.7. The predicted molar refractivity (Wildman–Crippen MR) is 86.6 cm³/mol. The Hall–Kier alpha value is -2.11. The second kappa shape index (κ2) is 6.56. The van der Waals surface area contributed by atoms with Gasteiger partial charge in [-0.15, -0.1) is 0 Å². The van der Waals surface area contributed by atoms with Crippen LogP contribution in [-0.4, -0.2) is 36.3 Å². The van der Waals surface area contributed by atoms with Gasteiger partial charge in [0.1, 0.15) is 5.60 Å². The molecule has 0 N–H and O–H groups in total. The molecule has 6 heteroatoms. The van der Waals surface area contributed by atoms with Crippen molar-refractivity contribution in [1.82, 2.24) is 4.98 Å². The number of pyridine rings is 1. The van der Waals surface area contributed by atoms with Crippen LogP contribution >= 0.6 is 0 Å². The third-order valence-corrected chi connectivity index (χ3v) is 3.67. The van der Waals surface area contributed by atoms with Crippen LogP contribution in [0.5, 0.6) is 0 Å². The van der Waals surface area contributed by atoms with E-state index in [2.05, 4.69) is 4.98 Å². The average molecular weight is 320 g/mol. The van der Waals surface area contributed by atoms with E-state index in [1.54, 1.807) is 17.9 Å². The molecule has 0 saturated heterocycles. The van der Waals surface area contributed by atoms with Crippen LogP contribution in [0.15, 0.2) is 12.1 Å². The van der Waals surface area contributed by atoms with E-state index in [4.69, 9.17) is 9.47 Å². The lowest BCUT2D eigenvalue weighted by molar-refractivity contribution is -0.142. The number of amides is 1. The lowest BCUT2D eigenvalue weighted by Gasteiger charge is -2.31. The zero-order valence-corrected chi connectivity index (χ0v) is 14.4. The molecule has 2 rings (SSSR count). The van der Waals surface area contributed by atoms with Gasteiger partial charge in [-0.25, -0.2) is 4.79 Å². The molecular weight excluding hydrogens is 296 g/mol. The Kier molecular flexibility index (Phi) is 4.92. The summed E-state index contributed by atoms with van der Waals surface area (Å²) >= 11 is 0. The fourth-order valence-corrected chi connectivity index (χ4v) is 2.51. The molecule has 23 heavy (non-hydrogen) atoms. The van der Waals surface area contributed by atoms with Gasteiger partial charge in [0.15, 0.2) is 0 Å². The molecule has 0 aromatic carbocycles. The van der Waals surface area contributed by atoms with E-state index in [1.807, 2.05) is 26.8 Å². The maximum Gasteiger partial charge on any atom is 0.414 e. The van der Waals surface area contributed by atoms with Crippen molar-refractivity contribution >= 4 is 17.7 Å². The number of ether oxygens (including phenoxy) is 2. The van der Waals surface area contributed by atoms with E-state index in [1.165, 1.54) is 7.11 Å². The van der Waals surface area contributed by atoms with Gasteiger partial charge in [-0.1, -0.05) is 0 Å². The summed E-state index contributed by atoms with van der Waals surface area (Å²) in [4.78, 5) is 30.2. The maximum atomic E-state index is 12.4. The van der Waals surface area contributed by atoms with Crippen LogP contribution in [0, 0.1) is 0 Å². The number of fused-ring (bicyclic) bond motifs is 1. The summed E-state index contributed by atoms with van der Waals surface area (Å²) in [5.41, 5.74) is 1.69. The molecule has 1 aliphatic heterocycles. The van der Waals surface area contributed by atoms with Gasteiger partial charge in [0, 0.05) is 6.54 Å². The van der Waals surface area contributed by atoms with E-state index in [9.17, 15) is 9.59 Å². The lowest BCUT2D eigenvalue weighted by Crippen LogP contribution is -2.40. The van der Waals surface area contributed by atoms with Gasteiger partial charge in [-0.2, -0.15) is 0 Å². The number of aryl methyl sites for hydroxylation is 1. The maximum absolute atomic E-state index is 12.4. The molecule has 1 amide bonds. The van der Waals surface area contributed by atoms with Crippen LogP contribution in [0.4, 0.5) is 10.5 Å². The highest BCUT2D eigenvalue weighted by Crippen LogP contribution is 2.29. The number of esters is 1. The first-order valence-corrected chi connectivity index (χ1v) is 7.81. The minimum Gasteiger partial charge on any atom is -0.469 e. The molecule has 0 radical (unpaired) electrons. The SMILES string of the molecule is COC(=O)C(C)c1ccc2c(n1)CCCN2C(=O)OC(C)(C)C. The molecule has 6 nitrogen and oxygen atoms in total. The molecule has 0 saturated carbocycles. The van der Waals surface area contributed by atoms with Gasteiger partial charge in [0.25, 0.3) is 0 Å². The Bertz CT molecular complexity index is 607. The number of carbonyl (C=O) groups excluding carboxylic acids is 2. The van der Waals surface area contributed by atoms with Crippen LogP contribution in [0.3, 0.4) is 0 Å². The van der Waals surface area contributed by atoms with Crippen molar-refractivity contribution < 1.29 is 19.1 Å². The molecule has 126 valence electrons. The van der Waals surface area contributed by atoms with Crippen molar-refractivity contribution in [3.05, 3.63) is 23.5 Å². The van der Waals surface area contributed by atoms with Crippen LogP contribution in [0.25, 0.3) is 0 Å². The average Bonchev–Trinajstić information content (AvgIpc) is 2.50. The van der Waals surface area contributed by atoms with Crippen molar-refractivity contribution in [2.24, 2.45) is 0 Å². The van der Waals surface area contributed by atoms with E-state index in [0.29, 0.717) is 12.2 Å². The highest BCUT2D eigenvalue weighted by atomic mass is 16.6. The number of methoxy groups -OCH3 is 1. The minimum atomic E-state index is -0.540. The highest BCUT2D eigenvalue weighted by Gasteiger charge is 2.29. The first kappa shape index (κ1) is 17.2. The van der Waals surface area contributed by atoms with E-state index in [-0.39, 0.29) is 12.1 Å². The van der Waals surface area contributed by atoms with Crippen molar-refractivity contribution in [2.75, 3.05) is 18.6 Å². The van der Waals surface area contributed by atoms with E-state index < -0.39 is 11.5 Å². The number of carbonyl (C=O) groups is 2. The monoisotopic (exact) mass is 320 g/mol. The summed E-state index contributed by atoms with van der Waals surface area (Å²) in [6, 6.07) is 3.60. The molecule has 1 unspecified atom stereocenters. The first-order valence-electron chi connectivity index (χ1n) is 7.81. The smallest absolute Gasteiger partial charge is 0.414 e. The largest absolute Gasteiger partial charge is 0.469 e. The molecule has 0 aliphatic carbocycles. The molecule has 0 fully saturated rings. The topological polar surface area (TPSA) is 68.7 Å². The molecule has 1 aliphatic rings. The highest BCUT2D eigenvalue weighted by molar-refractivity contribution is 5.89. The van der Waals surface area contributed by atoms with Crippen LogP contribution < -0.4 is 4.90 Å². The number of aromatic nitrogens is 1. The standard InChI is InChI=1S/C17H24N2O4/c1-11(15(20)22-5)12-8-9-14-13(18-12)7-6-10-19(14)16(21)23-17(2,3)4/h8-9,11H,6-7,10H2,1-5H3. The van der Waals surface area contributed by atoms with Crippen molar-refractivity contribution in [3.8, 4) is 0 Å². The summed E-state index contributed by atoms with van der Waals surface area (Å²) < 4.78 is 10.2. The fourth-order valence-electron chi connectivity index (χ4n) is 2.51. The Labute approximate surface area is 136 Å². The molecule has 0 spiro atoms. The normalized spacial score (nSPS) is 15.6. The number of anilines is 1. The van der Waals surface area contributed by atoms with Gasteiger partial charge in [0.2, 0.25) is 0 Å². The van der Waals surface area contributed by atoms with Crippen LogP contribution in [0.1, 0.15) is 51.4 Å². The zero-order chi connectivity index (χ0) is 17.2. The second-order valence-corrected chi connectivity index (χ2v) is 6.68. The molecule has 0 bridgehead atoms. The second-order valence-electron chi connectivity index (χ2n) is 6.68. The minimum absolute atomic E-state index is 0.322. The number of hydrogen-bond donors (Lipinski definition) is 0. The number of hydrogen-bond acceptors (Lipinski definition) is 5. The predicted octanol–water partition coefficient (Wildman–Crippen LogP) is 3.05. The fraction of sp³-hybridized carbons (Fsp3) is 0.588. The lowest BCUT2D eigenvalue weighted by atomic mass is 10.0. The van der Waals surface area contributed by atoms with Gasteiger partial charge in [0.05, 0.1) is 30.1 Å². The molecule has 1 aromatic rings. The third-order valence-electron chi connectivity index (χ3n) is 3.67. The van der Waals surface area contributed by atoms with Gasteiger partial charge in [-0.05, 0) is 52.7 Å². The van der Waals surface area contributed by atoms with Gasteiger partial charge in [-0.3, -0.25) is 14.7 Å².